The van der Waals surface area contributed by atoms with Gasteiger partial charge in [0.25, 0.3) is 0 Å². The molecule has 0 spiro atoms. The summed E-state index contributed by atoms with van der Waals surface area (Å²) in [6.07, 6.45) is 1.47. The summed E-state index contributed by atoms with van der Waals surface area (Å²) in [6, 6.07) is 0. The number of nitrogens with zero attached hydrogens (tertiary/aromatic N) is 2. The number of nitrogens with one attached hydrogen (secondary N) is 1. The predicted molar refractivity (Wildman–Crippen MR) is 66.2 cm³/mol. The fraction of sp³-hybridized carbons (Fsp3) is 0.600. The lowest BCUT2D eigenvalue weighted by atomic mass is 10.1. The Morgan fingerprint density at radius 2 is 2.12 bits per heavy atom. The van der Waals surface area contributed by atoms with Crippen LogP contribution < -0.4 is 5.32 Å². The Morgan fingerprint density at radius 3 is 2.75 bits per heavy atom. The van der Waals surface area contributed by atoms with Crippen LogP contribution in [0.3, 0.4) is 0 Å². The van der Waals surface area contributed by atoms with Gasteiger partial charge in [-0.15, -0.1) is 0 Å². The van der Waals surface area contributed by atoms with Crippen molar-refractivity contribution in [3.63, 3.8) is 0 Å². The molecule has 6 heteroatoms. The van der Waals surface area contributed by atoms with Crippen molar-refractivity contribution < 1.29 is 4.74 Å². The molecule has 0 unspecified atom stereocenters. The van der Waals surface area contributed by atoms with Crippen molar-refractivity contribution in [1.29, 1.82) is 0 Å². The van der Waals surface area contributed by atoms with Crippen molar-refractivity contribution in [1.82, 2.24) is 9.97 Å². The molecule has 0 aromatic carbocycles. The van der Waals surface area contributed by atoms with E-state index in [1.165, 1.54) is 6.20 Å². The Kier molecular flexibility index (Phi) is 4.77. The minimum absolute atomic E-state index is 0.168. The Bertz CT molecular complexity index is 358. The number of hydrogen-bond acceptors (Lipinski definition) is 4. The lowest BCUT2D eigenvalue weighted by Gasteiger charge is -2.25. The predicted octanol–water partition coefficient (Wildman–Crippen LogP) is 3.01. The minimum atomic E-state index is -0.282. The molecule has 0 amide bonds. The van der Waals surface area contributed by atoms with E-state index in [0.29, 0.717) is 24.0 Å². The van der Waals surface area contributed by atoms with E-state index in [2.05, 4.69) is 15.3 Å². The van der Waals surface area contributed by atoms with E-state index >= 15 is 0 Å². The molecule has 1 heterocycles. The van der Waals surface area contributed by atoms with Gasteiger partial charge < -0.3 is 10.1 Å². The average molecular weight is 264 g/mol. The van der Waals surface area contributed by atoms with Gasteiger partial charge in [-0.2, -0.15) is 4.98 Å². The van der Waals surface area contributed by atoms with Crippen LogP contribution in [-0.4, -0.2) is 28.7 Å². The van der Waals surface area contributed by atoms with Crippen molar-refractivity contribution in [2.24, 2.45) is 0 Å². The maximum absolute atomic E-state index is 5.92. The summed E-state index contributed by atoms with van der Waals surface area (Å²) in [7, 11) is 0. The Morgan fingerprint density at radius 1 is 1.44 bits per heavy atom. The number of anilines is 1. The van der Waals surface area contributed by atoms with Crippen molar-refractivity contribution >= 4 is 29.0 Å². The minimum Gasteiger partial charge on any atom is -0.374 e. The van der Waals surface area contributed by atoms with E-state index < -0.39 is 0 Å². The van der Waals surface area contributed by atoms with Gasteiger partial charge in [-0.05, 0) is 32.4 Å². The number of hydrogen-bond donors (Lipinski definition) is 1. The van der Waals surface area contributed by atoms with Gasteiger partial charge in [0.15, 0.2) is 0 Å². The van der Waals surface area contributed by atoms with Crippen LogP contribution in [0.1, 0.15) is 20.8 Å². The number of rotatable bonds is 5. The maximum atomic E-state index is 5.92. The van der Waals surface area contributed by atoms with Crippen LogP contribution in [0.2, 0.25) is 10.3 Å². The number of halogens is 2. The van der Waals surface area contributed by atoms with Gasteiger partial charge in [0, 0.05) is 13.2 Å². The standard InChI is InChI=1S/C10H15Cl2N3O/c1-4-16-10(2,3)6-14-8-7(11)5-13-9(12)15-8/h5H,4,6H2,1-3H3,(H,13,14,15). The zero-order chi connectivity index (χ0) is 12.2. The molecule has 4 nitrogen and oxygen atoms in total. The molecule has 0 radical (unpaired) electrons. The normalized spacial score (nSPS) is 11.6. The average Bonchev–Trinajstić information content (AvgIpc) is 2.19. The van der Waals surface area contributed by atoms with E-state index in [1.54, 1.807) is 0 Å². The second kappa shape index (κ2) is 5.66. The summed E-state index contributed by atoms with van der Waals surface area (Å²) in [4.78, 5) is 7.76. The summed E-state index contributed by atoms with van der Waals surface area (Å²) < 4.78 is 5.54. The van der Waals surface area contributed by atoms with Gasteiger partial charge >= 0.3 is 0 Å². The molecule has 1 aromatic heterocycles. The number of aromatic nitrogens is 2. The van der Waals surface area contributed by atoms with Crippen molar-refractivity contribution in [3.05, 3.63) is 16.5 Å². The fourth-order valence-corrected chi connectivity index (χ4v) is 1.50. The van der Waals surface area contributed by atoms with Gasteiger partial charge in [-0.1, -0.05) is 11.6 Å². The van der Waals surface area contributed by atoms with Crippen molar-refractivity contribution in [3.8, 4) is 0 Å². The molecule has 16 heavy (non-hydrogen) atoms. The molecule has 0 fully saturated rings. The molecule has 1 N–H and O–H groups in total. The SMILES string of the molecule is CCOC(C)(C)CNc1nc(Cl)ncc1Cl. The zero-order valence-corrected chi connectivity index (χ0v) is 11.1. The number of ether oxygens (including phenoxy) is 1. The van der Waals surface area contributed by atoms with Gasteiger partial charge in [-0.3, -0.25) is 0 Å². The van der Waals surface area contributed by atoms with Gasteiger partial charge in [0.1, 0.15) is 10.8 Å². The third kappa shape index (κ3) is 4.12. The lowest BCUT2D eigenvalue weighted by molar-refractivity contribution is 0.000643. The first kappa shape index (κ1) is 13.5. The first-order valence-corrected chi connectivity index (χ1v) is 5.76. The molecule has 0 aliphatic heterocycles. The Labute approximate surface area is 105 Å². The van der Waals surface area contributed by atoms with Crippen LogP contribution in [0.4, 0.5) is 5.82 Å². The summed E-state index contributed by atoms with van der Waals surface area (Å²) >= 11 is 11.6. The molecule has 0 saturated heterocycles. The van der Waals surface area contributed by atoms with E-state index in [1.807, 2.05) is 20.8 Å². The molecule has 0 saturated carbocycles. The van der Waals surface area contributed by atoms with Gasteiger partial charge in [0.05, 0.1) is 11.8 Å². The molecule has 1 aromatic rings. The highest BCUT2D eigenvalue weighted by Crippen LogP contribution is 2.20. The quantitative estimate of drug-likeness (QED) is 0.830. The zero-order valence-electron chi connectivity index (χ0n) is 9.55. The molecule has 1 rings (SSSR count). The Balaban J connectivity index is 2.63. The lowest BCUT2D eigenvalue weighted by Crippen LogP contribution is -2.33. The molecular formula is C10H15Cl2N3O. The first-order chi connectivity index (χ1) is 7.44. The van der Waals surface area contributed by atoms with Crippen molar-refractivity contribution in [2.75, 3.05) is 18.5 Å². The second-order valence-corrected chi connectivity index (χ2v) is 4.63. The highest BCUT2D eigenvalue weighted by molar-refractivity contribution is 6.33. The second-order valence-electron chi connectivity index (χ2n) is 3.88. The Hall–Kier alpha value is -0.580. The first-order valence-electron chi connectivity index (χ1n) is 5.00. The van der Waals surface area contributed by atoms with Crippen LogP contribution in [0, 0.1) is 0 Å². The van der Waals surface area contributed by atoms with Crippen LogP contribution in [0.5, 0.6) is 0 Å². The molecule has 0 aliphatic rings. The molecular weight excluding hydrogens is 249 g/mol. The third-order valence-corrected chi connectivity index (χ3v) is 2.39. The largest absolute Gasteiger partial charge is 0.374 e. The smallest absolute Gasteiger partial charge is 0.224 e. The van der Waals surface area contributed by atoms with Crippen LogP contribution in [0.25, 0.3) is 0 Å². The summed E-state index contributed by atoms with van der Waals surface area (Å²) in [5, 5.41) is 3.70. The monoisotopic (exact) mass is 263 g/mol. The van der Waals surface area contributed by atoms with Crippen LogP contribution >= 0.6 is 23.2 Å². The highest BCUT2D eigenvalue weighted by atomic mass is 35.5. The third-order valence-electron chi connectivity index (χ3n) is 1.93. The summed E-state index contributed by atoms with van der Waals surface area (Å²) in [5.74, 6) is 0.523. The van der Waals surface area contributed by atoms with Gasteiger partial charge in [-0.25, -0.2) is 4.98 Å². The van der Waals surface area contributed by atoms with Gasteiger partial charge in [0.2, 0.25) is 5.28 Å². The van der Waals surface area contributed by atoms with E-state index in [-0.39, 0.29) is 10.9 Å². The molecule has 0 atom stereocenters. The van der Waals surface area contributed by atoms with Crippen molar-refractivity contribution in [2.45, 2.75) is 26.4 Å². The fourth-order valence-electron chi connectivity index (χ4n) is 1.21. The topological polar surface area (TPSA) is 47.0 Å². The van der Waals surface area contributed by atoms with E-state index in [9.17, 15) is 0 Å². The van der Waals surface area contributed by atoms with Crippen LogP contribution in [-0.2, 0) is 4.74 Å². The van der Waals surface area contributed by atoms with E-state index in [0.717, 1.165) is 0 Å². The highest BCUT2D eigenvalue weighted by Gasteiger charge is 2.18. The van der Waals surface area contributed by atoms with Crippen LogP contribution in [0.15, 0.2) is 6.20 Å². The molecule has 90 valence electrons. The van der Waals surface area contributed by atoms with E-state index in [4.69, 9.17) is 27.9 Å². The summed E-state index contributed by atoms with van der Waals surface area (Å²) in [5.41, 5.74) is -0.282. The maximum Gasteiger partial charge on any atom is 0.224 e. The summed E-state index contributed by atoms with van der Waals surface area (Å²) in [6.45, 7) is 7.18. The molecule has 0 bridgehead atoms. The molecule has 0 aliphatic carbocycles.